The van der Waals surface area contributed by atoms with Crippen LogP contribution in [0.4, 0.5) is 5.69 Å². The third-order valence-corrected chi connectivity index (χ3v) is 2.17. The summed E-state index contributed by atoms with van der Waals surface area (Å²) in [7, 11) is 0. The highest BCUT2D eigenvalue weighted by Gasteiger charge is 2.07. The second-order valence-electron chi connectivity index (χ2n) is 3.49. The first-order valence-corrected chi connectivity index (χ1v) is 5.56. The summed E-state index contributed by atoms with van der Waals surface area (Å²) < 4.78 is 10.6. The van der Waals surface area contributed by atoms with Crippen LogP contribution in [0.25, 0.3) is 0 Å². The highest BCUT2D eigenvalue weighted by Crippen LogP contribution is 2.21. The highest BCUT2D eigenvalue weighted by atomic mass is 16.6. The second kappa shape index (κ2) is 5.76. The molecule has 0 spiro atoms. The van der Waals surface area contributed by atoms with E-state index in [0.29, 0.717) is 12.4 Å². The van der Waals surface area contributed by atoms with Crippen LogP contribution >= 0.6 is 0 Å². The Morgan fingerprint density at radius 1 is 1.16 bits per heavy atom. The van der Waals surface area contributed by atoms with Gasteiger partial charge in [0, 0.05) is 0 Å². The van der Waals surface area contributed by atoms with Gasteiger partial charge in [0.25, 0.3) is 0 Å². The zero-order chi connectivity index (χ0) is 13.7. The van der Waals surface area contributed by atoms with Crippen molar-refractivity contribution < 1.29 is 14.4 Å². The molecule has 98 valence electrons. The van der Waals surface area contributed by atoms with Gasteiger partial charge in [-0.3, -0.25) is 10.1 Å². The number of rotatable bonds is 5. The fraction of sp³-hybridized carbons (Fsp3) is 0.167. The molecule has 7 nitrogen and oxygen atoms in total. The van der Waals surface area contributed by atoms with E-state index < -0.39 is 4.92 Å². The van der Waals surface area contributed by atoms with E-state index in [-0.39, 0.29) is 11.7 Å². The maximum Gasteiger partial charge on any atom is 0.322 e. The van der Waals surface area contributed by atoms with Gasteiger partial charge in [-0.25, -0.2) is 0 Å². The quantitative estimate of drug-likeness (QED) is 0.607. The highest BCUT2D eigenvalue weighted by molar-refractivity contribution is 5.33. The van der Waals surface area contributed by atoms with Crippen LogP contribution in [0.3, 0.4) is 0 Å². The molecule has 2 aromatic rings. The fourth-order valence-electron chi connectivity index (χ4n) is 1.33. The topological polar surface area (TPSA) is 87.4 Å². The van der Waals surface area contributed by atoms with E-state index in [0.717, 1.165) is 18.1 Å². The molecule has 2 rings (SSSR count). The molecular weight excluding hydrogens is 250 g/mol. The Labute approximate surface area is 109 Å². The first kappa shape index (κ1) is 12.7. The first-order chi connectivity index (χ1) is 9.19. The summed E-state index contributed by atoms with van der Waals surface area (Å²) in [5, 5.41) is 10.4. The SMILES string of the molecule is CCOc1ccc(Oc2ncc([N+](=O)[O-])cn2)cc1. The molecule has 0 saturated carbocycles. The van der Waals surface area contributed by atoms with Crippen molar-refractivity contribution >= 4 is 5.69 Å². The van der Waals surface area contributed by atoms with Crippen LogP contribution in [0, 0.1) is 10.1 Å². The van der Waals surface area contributed by atoms with Gasteiger partial charge in [-0.2, -0.15) is 9.97 Å². The lowest BCUT2D eigenvalue weighted by Gasteiger charge is -2.05. The van der Waals surface area contributed by atoms with Crippen LogP contribution in [0.2, 0.25) is 0 Å². The predicted molar refractivity (Wildman–Crippen MR) is 66.4 cm³/mol. The minimum atomic E-state index is -0.569. The number of hydrogen-bond donors (Lipinski definition) is 0. The zero-order valence-corrected chi connectivity index (χ0v) is 10.1. The number of ether oxygens (including phenoxy) is 2. The van der Waals surface area contributed by atoms with Crippen molar-refractivity contribution in [3.63, 3.8) is 0 Å². The molecule has 0 unspecified atom stereocenters. The monoisotopic (exact) mass is 261 g/mol. The number of nitro groups is 1. The number of nitrogens with zero attached hydrogens (tertiary/aromatic N) is 3. The number of benzene rings is 1. The third-order valence-electron chi connectivity index (χ3n) is 2.17. The molecule has 7 heteroatoms. The normalized spacial score (nSPS) is 9.95. The molecule has 0 radical (unpaired) electrons. The van der Waals surface area contributed by atoms with Gasteiger partial charge in [0.05, 0.1) is 11.5 Å². The van der Waals surface area contributed by atoms with E-state index >= 15 is 0 Å². The molecule has 1 aromatic carbocycles. The van der Waals surface area contributed by atoms with Crippen molar-refractivity contribution in [2.75, 3.05) is 6.61 Å². The molecule has 0 saturated heterocycles. The molecule has 0 atom stereocenters. The van der Waals surface area contributed by atoms with E-state index in [4.69, 9.17) is 9.47 Å². The summed E-state index contributed by atoms with van der Waals surface area (Å²) in [6.07, 6.45) is 2.19. The molecule has 0 aliphatic carbocycles. The minimum absolute atomic E-state index is 0.0507. The molecule has 0 fully saturated rings. The summed E-state index contributed by atoms with van der Waals surface area (Å²) in [4.78, 5) is 17.4. The van der Waals surface area contributed by atoms with Gasteiger partial charge in [0.1, 0.15) is 23.9 Å². The van der Waals surface area contributed by atoms with Crippen molar-refractivity contribution in [3.8, 4) is 17.5 Å². The van der Waals surface area contributed by atoms with Gasteiger partial charge in [-0.05, 0) is 31.2 Å². The zero-order valence-electron chi connectivity index (χ0n) is 10.1. The Kier molecular flexibility index (Phi) is 3.87. The summed E-state index contributed by atoms with van der Waals surface area (Å²) in [5.74, 6) is 1.26. The van der Waals surface area contributed by atoms with Crippen molar-refractivity contribution in [2.45, 2.75) is 6.92 Å². The van der Waals surface area contributed by atoms with Crippen LogP contribution in [0.15, 0.2) is 36.7 Å². The Bertz CT molecular complexity index is 554. The van der Waals surface area contributed by atoms with E-state index in [2.05, 4.69) is 9.97 Å². The molecule has 0 amide bonds. The van der Waals surface area contributed by atoms with Crippen molar-refractivity contribution in [1.29, 1.82) is 0 Å². The lowest BCUT2D eigenvalue weighted by molar-refractivity contribution is -0.385. The maximum atomic E-state index is 10.4. The van der Waals surface area contributed by atoms with Crippen LogP contribution in [0.5, 0.6) is 17.5 Å². The summed E-state index contributed by atoms with van der Waals surface area (Å²) in [5.41, 5.74) is -0.181. The molecule has 0 bridgehead atoms. The third kappa shape index (κ3) is 3.38. The Morgan fingerprint density at radius 3 is 2.26 bits per heavy atom. The van der Waals surface area contributed by atoms with Crippen molar-refractivity contribution in [3.05, 3.63) is 46.8 Å². The fourth-order valence-corrected chi connectivity index (χ4v) is 1.33. The first-order valence-electron chi connectivity index (χ1n) is 5.56. The predicted octanol–water partition coefficient (Wildman–Crippen LogP) is 2.58. The molecule has 0 N–H and O–H groups in total. The van der Waals surface area contributed by atoms with E-state index in [1.54, 1.807) is 24.3 Å². The maximum absolute atomic E-state index is 10.4. The van der Waals surface area contributed by atoms with Gasteiger partial charge in [0.15, 0.2) is 0 Å². The number of hydrogen-bond acceptors (Lipinski definition) is 6. The van der Waals surface area contributed by atoms with Crippen molar-refractivity contribution in [2.24, 2.45) is 0 Å². The Hall–Kier alpha value is -2.70. The van der Waals surface area contributed by atoms with E-state index in [1.165, 1.54) is 0 Å². The summed E-state index contributed by atoms with van der Waals surface area (Å²) in [6.45, 7) is 2.49. The summed E-state index contributed by atoms with van der Waals surface area (Å²) in [6, 6.07) is 6.97. The van der Waals surface area contributed by atoms with Gasteiger partial charge in [-0.1, -0.05) is 0 Å². The van der Waals surface area contributed by atoms with Gasteiger partial charge in [-0.15, -0.1) is 0 Å². The van der Waals surface area contributed by atoms with E-state index in [9.17, 15) is 10.1 Å². The van der Waals surface area contributed by atoms with Crippen LogP contribution in [-0.4, -0.2) is 21.5 Å². The number of aromatic nitrogens is 2. The summed E-state index contributed by atoms with van der Waals surface area (Å²) >= 11 is 0. The lowest BCUT2D eigenvalue weighted by atomic mass is 10.3. The standard InChI is InChI=1S/C12H11N3O4/c1-2-18-10-3-5-11(6-4-10)19-12-13-7-9(8-14-12)15(16)17/h3-8H,2H2,1H3. The smallest absolute Gasteiger partial charge is 0.322 e. The van der Waals surface area contributed by atoms with E-state index in [1.807, 2.05) is 6.92 Å². The van der Waals surface area contributed by atoms with Crippen LogP contribution in [-0.2, 0) is 0 Å². The Balaban J connectivity index is 2.06. The van der Waals surface area contributed by atoms with Crippen molar-refractivity contribution in [1.82, 2.24) is 9.97 Å². The average molecular weight is 261 g/mol. The van der Waals surface area contributed by atoms with Gasteiger partial charge in [0.2, 0.25) is 0 Å². The lowest BCUT2D eigenvalue weighted by Crippen LogP contribution is -1.95. The van der Waals surface area contributed by atoms with Crippen LogP contribution in [0.1, 0.15) is 6.92 Å². The molecule has 1 aromatic heterocycles. The van der Waals surface area contributed by atoms with Gasteiger partial charge >= 0.3 is 11.7 Å². The molecule has 1 heterocycles. The minimum Gasteiger partial charge on any atom is -0.494 e. The Morgan fingerprint density at radius 2 is 1.74 bits per heavy atom. The molecule has 0 aliphatic rings. The second-order valence-corrected chi connectivity index (χ2v) is 3.49. The largest absolute Gasteiger partial charge is 0.494 e. The van der Waals surface area contributed by atoms with Crippen LogP contribution < -0.4 is 9.47 Å². The molecular formula is C12H11N3O4. The molecule has 0 aliphatic heterocycles. The average Bonchev–Trinajstić information content (AvgIpc) is 2.42. The van der Waals surface area contributed by atoms with Gasteiger partial charge < -0.3 is 9.47 Å². The molecule has 19 heavy (non-hydrogen) atoms.